The lowest BCUT2D eigenvalue weighted by atomic mass is 9.61. The van der Waals surface area contributed by atoms with Crippen LogP contribution in [-0.4, -0.2) is 37.0 Å². The predicted molar refractivity (Wildman–Crippen MR) is 92.9 cm³/mol. The second-order valence-corrected chi connectivity index (χ2v) is 7.67. The highest BCUT2D eigenvalue weighted by atomic mass is 35.5. The molecule has 24 heavy (non-hydrogen) atoms. The maximum Gasteiger partial charge on any atom is 0.262 e. The largest absolute Gasteiger partial charge is 0.381 e. The van der Waals surface area contributed by atoms with Crippen molar-refractivity contribution in [1.29, 1.82) is 0 Å². The molecule has 3 aliphatic rings. The number of carbonyl (C=O) groups excluding carboxylic acids is 1. The van der Waals surface area contributed by atoms with Crippen LogP contribution in [0.2, 0.25) is 5.02 Å². The highest BCUT2D eigenvalue weighted by Gasteiger charge is 2.66. The van der Waals surface area contributed by atoms with Gasteiger partial charge in [0.15, 0.2) is 11.5 Å². The summed E-state index contributed by atoms with van der Waals surface area (Å²) in [6, 6.07) is 5.83. The molecule has 1 aromatic carbocycles. The third kappa shape index (κ3) is 1.85. The number of nitrogens with two attached hydrogens (primary N) is 1. The number of ether oxygens (including phenoxy) is 1. The second-order valence-electron chi connectivity index (χ2n) is 7.24. The first-order valence-electron chi connectivity index (χ1n) is 8.39. The molecule has 0 aromatic heterocycles. The summed E-state index contributed by atoms with van der Waals surface area (Å²) in [4.78, 5) is 19.5. The lowest BCUT2D eigenvalue weighted by molar-refractivity contribution is -0.137. The Kier molecular flexibility index (Phi) is 3.45. The van der Waals surface area contributed by atoms with E-state index in [1.54, 1.807) is 14.2 Å². The molecule has 2 N–H and O–H groups in total. The van der Waals surface area contributed by atoms with Crippen LogP contribution in [0.3, 0.4) is 0 Å². The Morgan fingerprint density at radius 3 is 2.67 bits per heavy atom. The van der Waals surface area contributed by atoms with E-state index in [9.17, 15) is 4.79 Å². The second kappa shape index (κ2) is 5.20. The zero-order valence-corrected chi connectivity index (χ0v) is 14.8. The molecule has 1 fully saturated rings. The minimum atomic E-state index is -0.926. The van der Waals surface area contributed by atoms with Gasteiger partial charge in [-0.05, 0) is 55.4 Å². The van der Waals surface area contributed by atoms with Gasteiger partial charge in [-0.3, -0.25) is 9.69 Å². The topological polar surface area (TPSA) is 67.9 Å². The summed E-state index contributed by atoms with van der Waals surface area (Å²) < 4.78 is 5.53. The van der Waals surface area contributed by atoms with Gasteiger partial charge in [-0.25, -0.2) is 4.99 Å². The smallest absolute Gasteiger partial charge is 0.262 e. The first-order chi connectivity index (χ1) is 11.4. The van der Waals surface area contributed by atoms with Crippen molar-refractivity contribution < 1.29 is 9.53 Å². The fourth-order valence-corrected chi connectivity index (χ4v) is 5.07. The summed E-state index contributed by atoms with van der Waals surface area (Å²) in [6.07, 6.45) is 4.77. The molecular weight excluding hydrogens is 326 g/mol. The van der Waals surface area contributed by atoms with Crippen molar-refractivity contribution in [3.8, 4) is 0 Å². The normalized spacial score (nSPS) is 35.0. The highest BCUT2D eigenvalue weighted by molar-refractivity contribution is 6.30. The van der Waals surface area contributed by atoms with Crippen LogP contribution < -0.4 is 5.73 Å². The Morgan fingerprint density at radius 1 is 1.38 bits per heavy atom. The van der Waals surface area contributed by atoms with E-state index < -0.39 is 5.54 Å². The van der Waals surface area contributed by atoms with E-state index in [0.717, 1.165) is 43.2 Å². The Labute approximate surface area is 146 Å². The van der Waals surface area contributed by atoms with Gasteiger partial charge in [0.2, 0.25) is 0 Å². The number of benzene rings is 1. The minimum Gasteiger partial charge on any atom is -0.381 e. The van der Waals surface area contributed by atoms with Crippen molar-refractivity contribution >= 4 is 23.5 Å². The monoisotopic (exact) mass is 347 g/mol. The third-order valence-corrected chi connectivity index (χ3v) is 6.46. The Hall–Kier alpha value is -1.59. The first-order valence-corrected chi connectivity index (χ1v) is 8.76. The van der Waals surface area contributed by atoms with Crippen molar-refractivity contribution in [1.82, 2.24) is 4.90 Å². The van der Waals surface area contributed by atoms with Gasteiger partial charge in [-0.15, -0.1) is 0 Å². The number of guanidine groups is 1. The summed E-state index contributed by atoms with van der Waals surface area (Å²) in [7, 11) is 3.46. The molecule has 6 heteroatoms. The lowest BCUT2D eigenvalue weighted by Crippen LogP contribution is -2.51. The van der Waals surface area contributed by atoms with Gasteiger partial charge in [0.1, 0.15) is 0 Å². The van der Waals surface area contributed by atoms with Crippen LogP contribution in [0.4, 0.5) is 0 Å². The number of aliphatic imine (C=N–C) groups is 1. The molecular formula is C18H22ClN3O2. The van der Waals surface area contributed by atoms with Gasteiger partial charge in [0.25, 0.3) is 5.91 Å². The molecule has 1 amide bonds. The molecule has 5 nitrogen and oxygen atoms in total. The van der Waals surface area contributed by atoms with E-state index >= 15 is 0 Å². The molecule has 128 valence electrons. The van der Waals surface area contributed by atoms with E-state index in [-0.39, 0.29) is 17.4 Å². The van der Waals surface area contributed by atoms with E-state index in [2.05, 4.69) is 0 Å². The van der Waals surface area contributed by atoms with Crippen LogP contribution in [-0.2, 0) is 21.5 Å². The number of likely N-dealkylation sites (N-methyl/N-ethyl adjacent to an activating group) is 1. The average molecular weight is 348 g/mol. The number of nitrogens with zero attached hydrogens (tertiary/aromatic N) is 2. The Bertz CT molecular complexity index is 740. The van der Waals surface area contributed by atoms with Crippen LogP contribution in [0.15, 0.2) is 23.2 Å². The standard InChI is InChI=1S/C18H22ClN3O2/c1-22-15(23)18(21-16(22)20)14-9-12(19)4-3-11(14)10-17(18)7-5-13(24-2)6-8-17/h3-4,9,13H,5-8,10H2,1-2H3,(H2,20,21)/t13?,17?,18-/m1/s1. The molecule has 4 rings (SSSR count). The van der Waals surface area contributed by atoms with Crippen LogP contribution in [0.1, 0.15) is 36.8 Å². The first kappa shape index (κ1) is 15.9. The van der Waals surface area contributed by atoms with Crippen LogP contribution in [0.5, 0.6) is 0 Å². The number of rotatable bonds is 1. The Balaban J connectivity index is 1.89. The molecule has 0 bridgehead atoms. The Morgan fingerprint density at radius 2 is 2.08 bits per heavy atom. The van der Waals surface area contributed by atoms with Gasteiger partial charge in [0.05, 0.1) is 6.10 Å². The number of fused-ring (bicyclic) bond motifs is 3. The van der Waals surface area contributed by atoms with Crippen molar-refractivity contribution in [2.45, 2.75) is 43.7 Å². The number of methoxy groups -OCH3 is 1. The maximum absolute atomic E-state index is 13.3. The number of hydrogen-bond acceptors (Lipinski definition) is 4. The minimum absolute atomic E-state index is 0.0307. The van der Waals surface area contributed by atoms with Gasteiger partial charge in [0, 0.05) is 24.6 Å². The van der Waals surface area contributed by atoms with E-state index in [1.165, 1.54) is 4.90 Å². The average Bonchev–Trinajstić information content (AvgIpc) is 2.97. The molecule has 2 spiro atoms. The summed E-state index contributed by atoms with van der Waals surface area (Å²) in [5.74, 6) is 0.262. The van der Waals surface area contributed by atoms with E-state index in [1.807, 2.05) is 18.2 Å². The number of carbonyl (C=O) groups is 1. The lowest BCUT2D eigenvalue weighted by Gasteiger charge is -2.45. The quantitative estimate of drug-likeness (QED) is 0.848. The van der Waals surface area contributed by atoms with E-state index in [4.69, 9.17) is 27.1 Å². The summed E-state index contributed by atoms with van der Waals surface area (Å²) >= 11 is 6.25. The molecule has 0 radical (unpaired) electrons. The van der Waals surface area contributed by atoms with Crippen LogP contribution >= 0.6 is 11.6 Å². The highest BCUT2D eigenvalue weighted by Crippen LogP contribution is 2.61. The van der Waals surface area contributed by atoms with Crippen LogP contribution in [0.25, 0.3) is 0 Å². The number of halogens is 1. The van der Waals surface area contributed by atoms with Gasteiger partial charge in [-0.2, -0.15) is 0 Å². The fourth-order valence-electron chi connectivity index (χ4n) is 4.90. The SMILES string of the molecule is COC1CCC2(CC1)Cc1ccc(Cl)cc1[C@]21N=C(N)N(C)C1=O. The summed E-state index contributed by atoms with van der Waals surface area (Å²) in [5.41, 5.74) is 6.99. The van der Waals surface area contributed by atoms with E-state index in [0.29, 0.717) is 11.0 Å². The molecule has 1 saturated carbocycles. The fraction of sp³-hybridized carbons (Fsp3) is 0.556. The van der Waals surface area contributed by atoms with Crippen molar-refractivity contribution in [3.05, 3.63) is 34.3 Å². The molecule has 2 aliphatic carbocycles. The molecule has 0 saturated heterocycles. The molecule has 0 unspecified atom stereocenters. The van der Waals surface area contributed by atoms with Crippen molar-refractivity contribution in [3.63, 3.8) is 0 Å². The van der Waals surface area contributed by atoms with Crippen molar-refractivity contribution in [2.24, 2.45) is 16.1 Å². The van der Waals surface area contributed by atoms with Gasteiger partial charge in [-0.1, -0.05) is 17.7 Å². The van der Waals surface area contributed by atoms with Gasteiger partial charge >= 0.3 is 0 Å². The molecule has 1 aromatic rings. The summed E-state index contributed by atoms with van der Waals surface area (Å²) in [6.45, 7) is 0. The van der Waals surface area contributed by atoms with Crippen molar-refractivity contribution in [2.75, 3.05) is 14.2 Å². The predicted octanol–water partition coefficient (Wildman–Crippen LogP) is 2.45. The van der Waals surface area contributed by atoms with Crippen LogP contribution in [0, 0.1) is 5.41 Å². The number of hydrogen-bond donors (Lipinski definition) is 1. The maximum atomic E-state index is 13.3. The molecule has 1 heterocycles. The molecule has 1 atom stereocenters. The zero-order valence-electron chi connectivity index (χ0n) is 14.0. The third-order valence-electron chi connectivity index (χ3n) is 6.22. The zero-order chi connectivity index (χ0) is 17.1. The molecule has 1 aliphatic heterocycles. The summed E-state index contributed by atoms with van der Waals surface area (Å²) in [5, 5.41) is 0.631. The van der Waals surface area contributed by atoms with Gasteiger partial charge < -0.3 is 10.5 Å². The number of amides is 1.